The monoisotopic (exact) mass is 362 g/mol. The van der Waals surface area contributed by atoms with Crippen molar-refractivity contribution in [3.63, 3.8) is 0 Å². The number of benzene rings is 3. The Morgan fingerprint density at radius 3 is 1.48 bits per heavy atom. The van der Waals surface area contributed by atoms with Crippen molar-refractivity contribution < 1.29 is 19.4 Å². The Labute approximate surface area is 159 Å². The molecule has 4 heteroatoms. The Morgan fingerprint density at radius 2 is 1.11 bits per heavy atom. The summed E-state index contributed by atoms with van der Waals surface area (Å²) in [5, 5.41) is 8.74. The van der Waals surface area contributed by atoms with Crippen LogP contribution in [0, 0.1) is 0 Å². The standard InChI is InChI=1S/C23H22O4/c24-22(25)18-26-16-17-27-23(19-10-4-1-5-11-19,20-12-6-2-7-13-20)21-14-8-3-9-15-21/h1-15H,16-18H2,(H,24,25). The summed E-state index contributed by atoms with van der Waals surface area (Å²) in [7, 11) is 0. The first-order chi connectivity index (χ1) is 13.2. The van der Waals surface area contributed by atoms with Crippen LogP contribution in [0.3, 0.4) is 0 Å². The molecule has 0 unspecified atom stereocenters. The summed E-state index contributed by atoms with van der Waals surface area (Å²) in [6.45, 7) is 0.116. The lowest BCUT2D eigenvalue weighted by atomic mass is 9.80. The van der Waals surface area contributed by atoms with Gasteiger partial charge in [0.15, 0.2) is 0 Å². The number of ether oxygens (including phenoxy) is 2. The van der Waals surface area contributed by atoms with Gasteiger partial charge in [-0.15, -0.1) is 0 Å². The van der Waals surface area contributed by atoms with Gasteiger partial charge in [-0.3, -0.25) is 0 Å². The number of hydrogen-bond acceptors (Lipinski definition) is 3. The molecule has 27 heavy (non-hydrogen) atoms. The molecular weight excluding hydrogens is 340 g/mol. The quantitative estimate of drug-likeness (QED) is 0.460. The third kappa shape index (κ3) is 4.42. The zero-order valence-electron chi connectivity index (χ0n) is 15.0. The largest absolute Gasteiger partial charge is 0.480 e. The Kier molecular flexibility index (Phi) is 6.36. The molecule has 0 fully saturated rings. The van der Waals surface area contributed by atoms with E-state index in [1.54, 1.807) is 0 Å². The fraction of sp³-hybridized carbons (Fsp3) is 0.174. The van der Waals surface area contributed by atoms with Gasteiger partial charge in [-0.25, -0.2) is 4.79 Å². The molecule has 1 N–H and O–H groups in total. The van der Waals surface area contributed by atoms with Gasteiger partial charge in [0.1, 0.15) is 12.2 Å². The van der Waals surface area contributed by atoms with Crippen molar-refractivity contribution in [1.29, 1.82) is 0 Å². The maximum absolute atomic E-state index is 10.7. The second-order valence-corrected chi connectivity index (χ2v) is 6.07. The lowest BCUT2D eigenvalue weighted by Crippen LogP contribution is -2.34. The number of carboxylic acid groups (broad SMARTS) is 1. The van der Waals surface area contributed by atoms with Crippen molar-refractivity contribution in [3.8, 4) is 0 Å². The summed E-state index contributed by atoms with van der Waals surface area (Å²) in [6, 6.07) is 30.1. The molecule has 0 heterocycles. The first-order valence-corrected chi connectivity index (χ1v) is 8.83. The van der Waals surface area contributed by atoms with Crippen molar-refractivity contribution in [3.05, 3.63) is 108 Å². The smallest absolute Gasteiger partial charge is 0.329 e. The van der Waals surface area contributed by atoms with Gasteiger partial charge in [0.25, 0.3) is 0 Å². The number of rotatable bonds is 9. The lowest BCUT2D eigenvalue weighted by molar-refractivity contribution is -0.143. The minimum absolute atomic E-state index is 0.195. The second kappa shape index (κ2) is 9.12. The van der Waals surface area contributed by atoms with E-state index in [2.05, 4.69) is 0 Å². The van der Waals surface area contributed by atoms with Gasteiger partial charge in [-0.1, -0.05) is 91.0 Å². The number of aliphatic carboxylic acids is 1. The molecule has 0 radical (unpaired) electrons. The van der Waals surface area contributed by atoms with Gasteiger partial charge < -0.3 is 14.6 Å². The summed E-state index contributed by atoms with van der Waals surface area (Å²) in [5.41, 5.74) is 2.19. The van der Waals surface area contributed by atoms with E-state index in [0.717, 1.165) is 16.7 Å². The highest BCUT2D eigenvalue weighted by Gasteiger charge is 2.37. The highest BCUT2D eigenvalue weighted by molar-refractivity contribution is 5.67. The highest BCUT2D eigenvalue weighted by Crippen LogP contribution is 2.40. The van der Waals surface area contributed by atoms with Crippen LogP contribution in [0.1, 0.15) is 16.7 Å². The topological polar surface area (TPSA) is 55.8 Å². The molecule has 0 aliphatic heterocycles. The zero-order valence-corrected chi connectivity index (χ0v) is 15.0. The molecule has 4 nitrogen and oxygen atoms in total. The molecule has 0 amide bonds. The van der Waals surface area contributed by atoms with Gasteiger partial charge in [0.2, 0.25) is 0 Å². The Bertz CT molecular complexity index is 735. The van der Waals surface area contributed by atoms with Crippen molar-refractivity contribution in [1.82, 2.24) is 0 Å². The van der Waals surface area contributed by atoms with Gasteiger partial charge >= 0.3 is 5.97 Å². The van der Waals surface area contributed by atoms with Gasteiger partial charge in [0, 0.05) is 0 Å². The van der Waals surface area contributed by atoms with Crippen LogP contribution in [0.5, 0.6) is 0 Å². The average Bonchev–Trinajstić information content (AvgIpc) is 2.73. The first kappa shape index (κ1) is 18.8. The third-order valence-corrected chi connectivity index (χ3v) is 4.31. The number of carboxylic acids is 1. The molecule has 0 bridgehead atoms. The molecule has 3 rings (SSSR count). The molecule has 0 atom stereocenters. The number of carbonyl (C=O) groups is 1. The van der Waals surface area contributed by atoms with E-state index in [0.29, 0.717) is 0 Å². The predicted octanol–water partition coefficient (Wildman–Crippen LogP) is 4.10. The third-order valence-electron chi connectivity index (χ3n) is 4.31. The lowest BCUT2D eigenvalue weighted by Gasteiger charge is -2.36. The maximum atomic E-state index is 10.7. The van der Waals surface area contributed by atoms with Crippen molar-refractivity contribution in [2.45, 2.75) is 5.60 Å². The van der Waals surface area contributed by atoms with Crippen molar-refractivity contribution >= 4 is 5.97 Å². The average molecular weight is 362 g/mol. The van der Waals surface area contributed by atoms with Crippen LogP contribution in [0.2, 0.25) is 0 Å². The SMILES string of the molecule is O=C(O)COCCOC(c1ccccc1)(c1ccccc1)c1ccccc1. The molecular formula is C23H22O4. The Hall–Kier alpha value is -2.95. The summed E-state index contributed by atoms with van der Waals surface area (Å²) in [4.78, 5) is 10.7. The van der Waals surface area contributed by atoms with Crippen LogP contribution in [-0.4, -0.2) is 30.9 Å². The normalized spacial score (nSPS) is 11.3. The van der Waals surface area contributed by atoms with Gasteiger partial charge in [-0.05, 0) is 16.7 Å². The van der Waals surface area contributed by atoms with Crippen LogP contribution < -0.4 is 0 Å². The summed E-state index contributed by atoms with van der Waals surface area (Å²) >= 11 is 0. The van der Waals surface area contributed by atoms with E-state index in [1.165, 1.54) is 0 Å². The van der Waals surface area contributed by atoms with Crippen LogP contribution in [0.25, 0.3) is 0 Å². The van der Waals surface area contributed by atoms with Gasteiger partial charge in [-0.2, -0.15) is 0 Å². The molecule has 0 saturated heterocycles. The summed E-state index contributed by atoms with van der Waals surface area (Å²) < 4.78 is 11.6. The van der Waals surface area contributed by atoms with E-state index in [9.17, 15) is 4.79 Å². The summed E-state index contributed by atoms with van der Waals surface area (Å²) in [6.07, 6.45) is 0. The van der Waals surface area contributed by atoms with Gasteiger partial charge in [0.05, 0.1) is 13.2 Å². The fourth-order valence-electron chi connectivity index (χ4n) is 3.18. The fourth-order valence-corrected chi connectivity index (χ4v) is 3.18. The van der Waals surface area contributed by atoms with Crippen LogP contribution in [-0.2, 0) is 19.9 Å². The highest BCUT2D eigenvalue weighted by atomic mass is 16.5. The molecule has 0 aliphatic carbocycles. The van der Waals surface area contributed by atoms with Crippen molar-refractivity contribution in [2.24, 2.45) is 0 Å². The molecule has 0 spiro atoms. The molecule has 0 saturated carbocycles. The zero-order chi connectivity index (χ0) is 19.0. The second-order valence-electron chi connectivity index (χ2n) is 6.07. The minimum Gasteiger partial charge on any atom is -0.480 e. The van der Waals surface area contributed by atoms with E-state index >= 15 is 0 Å². The van der Waals surface area contributed by atoms with E-state index < -0.39 is 11.6 Å². The number of hydrogen-bond donors (Lipinski definition) is 1. The van der Waals surface area contributed by atoms with E-state index in [1.807, 2.05) is 91.0 Å². The van der Waals surface area contributed by atoms with Crippen molar-refractivity contribution in [2.75, 3.05) is 19.8 Å². The van der Waals surface area contributed by atoms with Crippen LogP contribution in [0.15, 0.2) is 91.0 Å². The molecule has 0 aromatic heterocycles. The minimum atomic E-state index is -0.990. The first-order valence-electron chi connectivity index (χ1n) is 8.83. The van der Waals surface area contributed by atoms with Crippen LogP contribution in [0.4, 0.5) is 0 Å². The Balaban J connectivity index is 2.02. The Morgan fingerprint density at radius 1 is 0.704 bits per heavy atom. The molecule has 3 aromatic rings. The van der Waals surface area contributed by atoms with Crippen LogP contribution >= 0.6 is 0 Å². The molecule has 3 aromatic carbocycles. The molecule has 0 aliphatic rings. The van der Waals surface area contributed by atoms with E-state index in [4.69, 9.17) is 14.6 Å². The molecule has 138 valence electrons. The predicted molar refractivity (Wildman–Crippen MR) is 104 cm³/mol. The maximum Gasteiger partial charge on any atom is 0.329 e. The van der Waals surface area contributed by atoms with E-state index in [-0.39, 0.29) is 19.8 Å². The summed E-state index contributed by atoms with van der Waals surface area (Å²) in [5.74, 6) is -0.990.